The molecule has 1 N–H and O–H groups in total. The van der Waals surface area contributed by atoms with Gasteiger partial charge in [-0.15, -0.1) is 0 Å². The molecule has 0 aliphatic carbocycles. The molecule has 1 amide bonds. The summed E-state index contributed by atoms with van der Waals surface area (Å²) < 4.78 is 15.5. The van der Waals surface area contributed by atoms with Crippen LogP contribution in [0.3, 0.4) is 0 Å². The average molecular weight is 372 g/mol. The van der Waals surface area contributed by atoms with Crippen LogP contribution in [0.15, 0.2) is 59.4 Å². The Balaban J connectivity index is 1.92. The van der Waals surface area contributed by atoms with E-state index in [2.05, 4.69) is 10.4 Å². The van der Waals surface area contributed by atoms with Crippen LogP contribution in [0.5, 0.6) is 0 Å². The van der Waals surface area contributed by atoms with Gasteiger partial charge in [0.2, 0.25) is 5.43 Å². The third-order valence-electron chi connectivity index (χ3n) is 3.79. The third-order valence-corrected chi connectivity index (χ3v) is 4.08. The minimum Gasteiger partial charge on any atom is -0.318 e. The Morgan fingerprint density at radius 1 is 1.19 bits per heavy atom. The lowest BCUT2D eigenvalue weighted by molar-refractivity contribution is 0.101. The maximum atomic E-state index is 14.0. The molecule has 2 aromatic carbocycles. The van der Waals surface area contributed by atoms with Gasteiger partial charge in [-0.05, 0) is 24.6 Å². The molecule has 0 saturated carbocycles. The minimum absolute atomic E-state index is 0.112. The maximum absolute atomic E-state index is 14.0. The first-order valence-electron chi connectivity index (χ1n) is 7.84. The molecule has 5 nitrogen and oxygen atoms in total. The number of nitrogens with zero attached hydrogens (tertiary/aromatic N) is 2. The molecule has 0 saturated heterocycles. The van der Waals surface area contributed by atoms with E-state index in [0.717, 1.165) is 5.56 Å². The second-order valence-electron chi connectivity index (χ2n) is 5.70. The van der Waals surface area contributed by atoms with E-state index in [0.29, 0.717) is 12.2 Å². The molecule has 0 aliphatic rings. The second-order valence-corrected chi connectivity index (χ2v) is 6.10. The van der Waals surface area contributed by atoms with Gasteiger partial charge in [0, 0.05) is 11.8 Å². The Hall–Kier alpha value is -2.99. The van der Waals surface area contributed by atoms with Crippen molar-refractivity contribution in [1.82, 2.24) is 9.78 Å². The summed E-state index contributed by atoms with van der Waals surface area (Å²) in [6.07, 6.45) is 0. The summed E-state index contributed by atoms with van der Waals surface area (Å²) >= 11 is 5.70. The molecule has 0 spiro atoms. The normalized spacial score (nSPS) is 10.6. The number of aromatic nitrogens is 2. The largest absolute Gasteiger partial charge is 0.318 e. The van der Waals surface area contributed by atoms with Crippen LogP contribution in [0.25, 0.3) is 0 Å². The van der Waals surface area contributed by atoms with Gasteiger partial charge in [0.15, 0.2) is 11.5 Å². The number of carbonyl (C=O) groups excluding carboxylic acids is 1. The molecule has 0 fully saturated rings. The van der Waals surface area contributed by atoms with Gasteiger partial charge in [-0.3, -0.25) is 14.3 Å². The number of hydrogen-bond donors (Lipinski definition) is 1. The maximum Gasteiger partial charge on any atom is 0.280 e. The molecule has 0 atom stereocenters. The van der Waals surface area contributed by atoms with E-state index in [1.54, 1.807) is 11.6 Å². The Kier molecular flexibility index (Phi) is 5.14. The fourth-order valence-electron chi connectivity index (χ4n) is 2.44. The van der Waals surface area contributed by atoms with Gasteiger partial charge in [-0.2, -0.15) is 5.10 Å². The average Bonchev–Trinajstić information content (AvgIpc) is 2.62. The molecule has 0 bridgehead atoms. The van der Waals surface area contributed by atoms with Gasteiger partial charge in [-0.1, -0.05) is 48.0 Å². The van der Waals surface area contributed by atoms with Crippen LogP contribution in [0.2, 0.25) is 5.02 Å². The Bertz CT molecular complexity index is 1020. The predicted molar refractivity (Wildman–Crippen MR) is 98.1 cm³/mol. The summed E-state index contributed by atoms with van der Waals surface area (Å²) in [5.74, 6) is -1.56. The molecule has 1 heterocycles. The van der Waals surface area contributed by atoms with Crippen LogP contribution in [0, 0.1) is 12.7 Å². The molecular formula is C19H15ClFN3O2. The van der Waals surface area contributed by atoms with Gasteiger partial charge >= 0.3 is 0 Å². The Labute approximate surface area is 154 Å². The van der Waals surface area contributed by atoms with Gasteiger partial charge in [0.1, 0.15) is 0 Å². The number of amides is 1. The fraction of sp³-hybridized carbons (Fsp3) is 0.105. The molecule has 1 aromatic heterocycles. The zero-order chi connectivity index (χ0) is 18.7. The zero-order valence-corrected chi connectivity index (χ0v) is 14.6. The van der Waals surface area contributed by atoms with Gasteiger partial charge in [0.05, 0.1) is 17.3 Å². The van der Waals surface area contributed by atoms with Gasteiger partial charge in [-0.25, -0.2) is 4.39 Å². The predicted octanol–water partition coefficient (Wildman–Crippen LogP) is 3.64. The number of rotatable bonds is 4. The summed E-state index contributed by atoms with van der Waals surface area (Å²) in [6, 6.07) is 15.1. The van der Waals surface area contributed by atoms with E-state index < -0.39 is 17.2 Å². The van der Waals surface area contributed by atoms with E-state index in [9.17, 15) is 14.0 Å². The van der Waals surface area contributed by atoms with Crippen molar-refractivity contribution in [2.24, 2.45) is 0 Å². The number of nitrogens with one attached hydrogen (secondary N) is 1. The molecular weight excluding hydrogens is 357 g/mol. The number of carbonyl (C=O) groups is 1. The smallest absolute Gasteiger partial charge is 0.280 e. The van der Waals surface area contributed by atoms with Crippen LogP contribution < -0.4 is 10.7 Å². The summed E-state index contributed by atoms with van der Waals surface area (Å²) in [7, 11) is 0. The highest BCUT2D eigenvalue weighted by molar-refractivity contribution is 6.31. The highest BCUT2D eigenvalue weighted by Gasteiger charge is 2.17. The highest BCUT2D eigenvalue weighted by Crippen LogP contribution is 2.22. The molecule has 0 radical (unpaired) electrons. The number of aryl methyl sites for hydroxylation is 1. The van der Waals surface area contributed by atoms with Crippen LogP contribution in [0.4, 0.5) is 10.1 Å². The number of benzene rings is 2. The van der Waals surface area contributed by atoms with Crippen molar-refractivity contribution in [3.63, 3.8) is 0 Å². The first kappa shape index (κ1) is 17.8. The van der Waals surface area contributed by atoms with Crippen molar-refractivity contribution in [2.75, 3.05) is 5.32 Å². The van der Waals surface area contributed by atoms with Gasteiger partial charge in [0.25, 0.3) is 5.91 Å². The van der Waals surface area contributed by atoms with E-state index in [1.807, 2.05) is 30.3 Å². The first-order chi connectivity index (χ1) is 12.5. The Morgan fingerprint density at radius 2 is 1.92 bits per heavy atom. The van der Waals surface area contributed by atoms with Crippen LogP contribution in [-0.4, -0.2) is 15.7 Å². The monoisotopic (exact) mass is 371 g/mol. The fourth-order valence-corrected chi connectivity index (χ4v) is 2.61. The van der Waals surface area contributed by atoms with Crippen molar-refractivity contribution in [1.29, 1.82) is 0 Å². The lowest BCUT2D eigenvalue weighted by Crippen LogP contribution is -2.27. The summed E-state index contributed by atoms with van der Waals surface area (Å²) in [5.41, 5.74) is 0.625. The second kappa shape index (κ2) is 7.49. The quantitative estimate of drug-likeness (QED) is 0.761. The molecule has 26 heavy (non-hydrogen) atoms. The first-order valence-corrected chi connectivity index (χ1v) is 8.21. The minimum atomic E-state index is -0.794. The summed E-state index contributed by atoms with van der Waals surface area (Å²) in [4.78, 5) is 24.6. The van der Waals surface area contributed by atoms with Crippen molar-refractivity contribution < 1.29 is 9.18 Å². The SMILES string of the molecule is Cc1cc(=O)c(C(=O)Nc2cccc(Cl)c2F)nn1Cc1ccccc1. The van der Waals surface area contributed by atoms with Gasteiger partial charge < -0.3 is 5.32 Å². The van der Waals surface area contributed by atoms with Crippen LogP contribution in [0.1, 0.15) is 21.7 Å². The van der Waals surface area contributed by atoms with E-state index >= 15 is 0 Å². The number of halogens is 2. The van der Waals surface area contributed by atoms with E-state index in [-0.39, 0.29) is 16.4 Å². The molecule has 7 heteroatoms. The van der Waals surface area contributed by atoms with Crippen LogP contribution >= 0.6 is 11.6 Å². The number of anilines is 1. The van der Waals surface area contributed by atoms with Crippen molar-refractivity contribution in [3.8, 4) is 0 Å². The summed E-state index contributed by atoms with van der Waals surface area (Å²) in [5, 5.41) is 6.37. The summed E-state index contributed by atoms with van der Waals surface area (Å²) in [6.45, 7) is 2.13. The molecule has 3 rings (SSSR count). The molecule has 0 unspecified atom stereocenters. The topological polar surface area (TPSA) is 64.0 Å². The molecule has 132 valence electrons. The van der Waals surface area contributed by atoms with E-state index in [4.69, 9.17) is 11.6 Å². The lowest BCUT2D eigenvalue weighted by Gasteiger charge is -2.12. The Morgan fingerprint density at radius 3 is 2.65 bits per heavy atom. The van der Waals surface area contributed by atoms with Crippen molar-refractivity contribution >= 4 is 23.2 Å². The van der Waals surface area contributed by atoms with Crippen molar-refractivity contribution in [2.45, 2.75) is 13.5 Å². The lowest BCUT2D eigenvalue weighted by atomic mass is 10.2. The number of hydrogen-bond acceptors (Lipinski definition) is 3. The van der Waals surface area contributed by atoms with E-state index in [1.165, 1.54) is 24.3 Å². The van der Waals surface area contributed by atoms with Crippen LogP contribution in [-0.2, 0) is 6.54 Å². The van der Waals surface area contributed by atoms with Crippen molar-refractivity contribution in [3.05, 3.63) is 92.6 Å². The third kappa shape index (κ3) is 3.81. The standard InChI is InChI=1S/C19H15ClFN3O2/c1-12-10-16(25)18(23-24(12)11-13-6-3-2-4-7-13)19(26)22-15-9-5-8-14(20)17(15)21/h2-10H,11H2,1H3,(H,22,26). The molecule has 0 aliphatic heterocycles. The highest BCUT2D eigenvalue weighted by atomic mass is 35.5. The molecule has 3 aromatic rings. The zero-order valence-electron chi connectivity index (χ0n) is 13.9.